The van der Waals surface area contributed by atoms with Gasteiger partial charge >= 0.3 is 0 Å². The maximum atomic E-state index is 6.12. The standard InChI is InChI=1S/C11H15ClN2O2/c1-7-3-10(15-2)8(4-9(7)12)11(14-13)5-16-6-11/h3-4,14H,5-6,13H2,1-2H3. The first-order chi connectivity index (χ1) is 7.63. The molecule has 0 radical (unpaired) electrons. The average Bonchev–Trinajstić information content (AvgIpc) is 2.22. The van der Waals surface area contributed by atoms with Gasteiger partial charge in [0, 0.05) is 10.6 Å². The van der Waals surface area contributed by atoms with Gasteiger partial charge < -0.3 is 9.47 Å². The molecule has 0 amide bonds. The van der Waals surface area contributed by atoms with Crippen molar-refractivity contribution in [2.75, 3.05) is 20.3 Å². The number of hydrogen-bond donors (Lipinski definition) is 2. The molecular weight excluding hydrogens is 228 g/mol. The smallest absolute Gasteiger partial charge is 0.124 e. The quantitative estimate of drug-likeness (QED) is 0.621. The minimum atomic E-state index is -0.372. The Hall–Kier alpha value is -0.810. The van der Waals surface area contributed by atoms with E-state index in [0.29, 0.717) is 18.2 Å². The van der Waals surface area contributed by atoms with Crippen molar-refractivity contribution < 1.29 is 9.47 Å². The SMILES string of the molecule is COc1cc(C)c(Cl)cc1C1(NN)COC1. The number of hydrogen-bond acceptors (Lipinski definition) is 4. The van der Waals surface area contributed by atoms with Crippen LogP contribution in [0.1, 0.15) is 11.1 Å². The molecular formula is C11H15ClN2O2. The first-order valence-electron chi connectivity index (χ1n) is 5.03. The lowest BCUT2D eigenvalue weighted by atomic mass is 9.87. The van der Waals surface area contributed by atoms with E-state index in [4.69, 9.17) is 26.9 Å². The highest BCUT2D eigenvalue weighted by atomic mass is 35.5. The Morgan fingerprint density at radius 3 is 2.62 bits per heavy atom. The molecule has 88 valence electrons. The molecule has 0 saturated carbocycles. The fourth-order valence-electron chi connectivity index (χ4n) is 1.82. The first-order valence-corrected chi connectivity index (χ1v) is 5.41. The van der Waals surface area contributed by atoms with Gasteiger partial charge in [-0.15, -0.1) is 0 Å². The molecule has 4 nitrogen and oxygen atoms in total. The topological polar surface area (TPSA) is 56.5 Å². The second-order valence-corrected chi connectivity index (χ2v) is 4.43. The van der Waals surface area contributed by atoms with Crippen LogP contribution in [0.15, 0.2) is 12.1 Å². The predicted octanol–water partition coefficient (Wildman–Crippen LogP) is 1.35. The Bertz CT molecular complexity index is 400. The molecule has 1 fully saturated rings. The summed E-state index contributed by atoms with van der Waals surface area (Å²) in [7, 11) is 1.63. The highest BCUT2D eigenvalue weighted by molar-refractivity contribution is 6.31. The Morgan fingerprint density at radius 1 is 1.50 bits per heavy atom. The predicted molar refractivity (Wildman–Crippen MR) is 62.6 cm³/mol. The van der Waals surface area contributed by atoms with Gasteiger partial charge in [0.05, 0.1) is 20.3 Å². The molecule has 1 aromatic rings. The summed E-state index contributed by atoms with van der Waals surface area (Å²) < 4.78 is 10.6. The van der Waals surface area contributed by atoms with Crippen molar-refractivity contribution in [3.8, 4) is 5.75 Å². The average molecular weight is 243 g/mol. The Balaban J connectivity index is 2.50. The van der Waals surface area contributed by atoms with E-state index in [1.807, 2.05) is 19.1 Å². The summed E-state index contributed by atoms with van der Waals surface area (Å²) in [6, 6.07) is 3.80. The number of rotatable bonds is 3. The summed E-state index contributed by atoms with van der Waals surface area (Å²) in [5, 5.41) is 0.706. The highest BCUT2D eigenvalue weighted by Crippen LogP contribution is 2.38. The normalized spacial score (nSPS) is 18.0. The lowest BCUT2D eigenvalue weighted by Gasteiger charge is -2.41. The molecule has 2 rings (SSSR count). The van der Waals surface area contributed by atoms with Crippen molar-refractivity contribution in [3.05, 3.63) is 28.3 Å². The molecule has 1 aliphatic rings. The second-order valence-electron chi connectivity index (χ2n) is 4.02. The highest BCUT2D eigenvalue weighted by Gasteiger charge is 2.41. The van der Waals surface area contributed by atoms with Crippen molar-refractivity contribution >= 4 is 11.6 Å². The number of nitrogens with one attached hydrogen (secondary N) is 1. The lowest BCUT2D eigenvalue weighted by molar-refractivity contribution is -0.0795. The number of nitrogens with two attached hydrogens (primary N) is 1. The van der Waals surface area contributed by atoms with E-state index < -0.39 is 0 Å². The van der Waals surface area contributed by atoms with E-state index in [2.05, 4.69) is 5.43 Å². The van der Waals surface area contributed by atoms with Gasteiger partial charge in [-0.2, -0.15) is 0 Å². The van der Waals surface area contributed by atoms with Crippen LogP contribution in [0.3, 0.4) is 0 Å². The monoisotopic (exact) mass is 242 g/mol. The summed E-state index contributed by atoms with van der Waals surface area (Å²) in [6.07, 6.45) is 0. The summed E-state index contributed by atoms with van der Waals surface area (Å²) >= 11 is 6.12. The fraction of sp³-hybridized carbons (Fsp3) is 0.455. The van der Waals surface area contributed by atoms with Gasteiger partial charge in [0.1, 0.15) is 11.3 Å². The van der Waals surface area contributed by atoms with Gasteiger partial charge in [0.2, 0.25) is 0 Å². The van der Waals surface area contributed by atoms with E-state index in [1.165, 1.54) is 0 Å². The van der Waals surface area contributed by atoms with Crippen LogP contribution in [0, 0.1) is 6.92 Å². The number of hydrazine groups is 1. The third kappa shape index (κ3) is 1.68. The maximum absolute atomic E-state index is 6.12. The Morgan fingerprint density at radius 2 is 2.19 bits per heavy atom. The number of aryl methyl sites for hydroxylation is 1. The molecule has 1 heterocycles. The number of methoxy groups -OCH3 is 1. The van der Waals surface area contributed by atoms with Crippen molar-refractivity contribution in [3.63, 3.8) is 0 Å². The Labute approximate surface area is 99.6 Å². The summed E-state index contributed by atoms with van der Waals surface area (Å²) in [5.74, 6) is 6.36. The molecule has 0 atom stereocenters. The number of halogens is 1. The molecule has 0 aromatic heterocycles. The van der Waals surface area contributed by atoms with Crippen molar-refractivity contribution in [1.82, 2.24) is 5.43 Å². The van der Waals surface area contributed by atoms with Crippen molar-refractivity contribution in [2.24, 2.45) is 5.84 Å². The van der Waals surface area contributed by atoms with Crippen LogP contribution in [-0.2, 0) is 10.3 Å². The zero-order valence-corrected chi connectivity index (χ0v) is 10.1. The van der Waals surface area contributed by atoms with Gasteiger partial charge in [0.25, 0.3) is 0 Å². The number of ether oxygens (including phenoxy) is 2. The van der Waals surface area contributed by atoms with Crippen LogP contribution in [0.5, 0.6) is 5.75 Å². The van der Waals surface area contributed by atoms with E-state index in [-0.39, 0.29) is 5.54 Å². The molecule has 3 N–H and O–H groups in total. The minimum Gasteiger partial charge on any atom is -0.496 e. The maximum Gasteiger partial charge on any atom is 0.124 e. The molecule has 5 heteroatoms. The molecule has 1 aliphatic heterocycles. The molecule has 0 spiro atoms. The zero-order valence-electron chi connectivity index (χ0n) is 9.34. The van der Waals surface area contributed by atoms with Crippen LogP contribution in [0.2, 0.25) is 5.02 Å². The fourth-order valence-corrected chi connectivity index (χ4v) is 1.98. The van der Waals surface area contributed by atoms with Gasteiger partial charge in [-0.05, 0) is 24.6 Å². The lowest BCUT2D eigenvalue weighted by Crippen LogP contribution is -2.60. The third-order valence-electron chi connectivity index (χ3n) is 2.97. The second kappa shape index (κ2) is 4.22. The van der Waals surface area contributed by atoms with Crippen LogP contribution < -0.4 is 16.0 Å². The molecule has 1 saturated heterocycles. The molecule has 16 heavy (non-hydrogen) atoms. The molecule has 1 aromatic carbocycles. The minimum absolute atomic E-state index is 0.372. The largest absolute Gasteiger partial charge is 0.496 e. The summed E-state index contributed by atoms with van der Waals surface area (Å²) in [5.41, 5.74) is 4.34. The van der Waals surface area contributed by atoms with Gasteiger partial charge in [-0.25, -0.2) is 5.43 Å². The van der Waals surface area contributed by atoms with E-state index in [9.17, 15) is 0 Å². The van der Waals surface area contributed by atoms with E-state index in [1.54, 1.807) is 7.11 Å². The van der Waals surface area contributed by atoms with Crippen molar-refractivity contribution in [2.45, 2.75) is 12.5 Å². The van der Waals surface area contributed by atoms with E-state index >= 15 is 0 Å². The van der Waals surface area contributed by atoms with Crippen LogP contribution in [-0.4, -0.2) is 20.3 Å². The van der Waals surface area contributed by atoms with Crippen LogP contribution in [0.4, 0.5) is 0 Å². The third-order valence-corrected chi connectivity index (χ3v) is 3.38. The molecule has 0 unspecified atom stereocenters. The molecule has 0 aliphatic carbocycles. The van der Waals surface area contributed by atoms with Crippen molar-refractivity contribution in [1.29, 1.82) is 0 Å². The summed E-state index contributed by atoms with van der Waals surface area (Å²) in [6.45, 7) is 2.99. The zero-order chi connectivity index (χ0) is 11.8. The van der Waals surface area contributed by atoms with Gasteiger partial charge in [-0.1, -0.05) is 11.6 Å². The van der Waals surface area contributed by atoms with Gasteiger partial charge in [0.15, 0.2) is 0 Å². The molecule has 0 bridgehead atoms. The Kier molecular flexibility index (Phi) is 3.08. The van der Waals surface area contributed by atoms with Crippen LogP contribution in [0.25, 0.3) is 0 Å². The first kappa shape index (κ1) is 11.7. The van der Waals surface area contributed by atoms with Gasteiger partial charge in [-0.3, -0.25) is 5.84 Å². The van der Waals surface area contributed by atoms with Crippen LogP contribution >= 0.6 is 11.6 Å². The van der Waals surface area contributed by atoms with E-state index in [0.717, 1.165) is 16.9 Å². The summed E-state index contributed by atoms with van der Waals surface area (Å²) in [4.78, 5) is 0. The number of benzene rings is 1.